The summed E-state index contributed by atoms with van der Waals surface area (Å²) in [7, 11) is 0. The van der Waals surface area contributed by atoms with E-state index in [1.54, 1.807) is 12.1 Å². The fraction of sp³-hybridized carbons (Fsp3) is 0. The number of rotatable bonds is 1. The van der Waals surface area contributed by atoms with Crippen LogP contribution < -0.4 is 11.5 Å². The number of anilines is 2. The van der Waals surface area contributed by atoms with E-state index in [0.717, 1.165) is 22.4 Å². The van der Waals surface area contributed by atoms with Gasteiger partial charge < -0.3 is 16.5 Å². The van der Waals surface area contributed by atoms with Crippen LogP contribution in [0, 0.1) is 0 Å². The van der Waals surface area contributed by atoms with E-state index in [0.29, 0.717) is 16.4 Å². The molecule has 0 saturated carbocycles. The summed E-state index contributed by atoms with van der Waals surface area (Å²) >= 11 is 5.94. The van der Waals surface area contributed by atoms with E-state index in [-0.39, 0.29) is 0 Å². The highest BCUT2D eigenvalue weighted by atomic mass is 35.5. The summed E-state index contributed by atoms with van der Waals surface area (Å²) in [5.41, 5.74) is 15.2. The van der Waals surface area contributed by atoms with Gasteiger partial charge in [0.1, 0.15) is 5.82 Å². The number of fused-ring (bicyclic) bond motifs is 1. The van der Waals surface area contributed by atoms with Crippen molar-refractivity contribution in [3.05, 3.63) is 41.4 Å². The van der Waals surface area contributed by atoms with Gasteiger partial charge in [-0.25, -0.2) is 4.98 Å². The van der Waals surface area contributed by atoms with E-state index in [4.69, 9.17) is 23.1 Å². The molecular weight excluding hydrogens is 248 g/mol. The van der Waals surface area contributed by atoms with Gasteiger partial charge in [-0.3, -0.25) is 0 Å². The second kappa shape index (κ2) is 3.92. The summed E-state index contributed by atoms with van der Waals surface area (Å²) in [5, 5.41) is 0.384. The molecule has 90 valence electrons. The predicted molar refractivity (Wildman–Crippen MR) is 75.4 cm³/mol. The smallest absolute Gasteiger partial charge is 0.138 e. The lowest BCUT2D eigenvalue weighted by atomic mass is 10.1. The predicted octanol–water partition coefficient (Wildman–Crippen LogP) is 3.05. The van der Waals surface area contributed by atoms with Crippen molar-refractivity contribution in [2.24, 2.45) is 0 Å². The average molecular weight is 259 g/mol. The van der Waals surface area contributed by atoms with Crippen LogP contribution in [-0.2, 0) is 0 Å². The van der Waals surface area contributed by atoms with Crippen LogP contribution in [0.3, 0.4) is 0 Å². The van der Waals surface area contributed by atoms with E-state index >= 15 is 0 Å². The molecule has 5 heteroatoms. The van der Waals surface area contributed by atoms with Gasteiger partial charge in [0.15, 0.2) is 0 Å². The first-order valence-electron chi connectivity index (χ1n) is 5.45. The Balaban J connectivity index is 2.20. The maximum absolute atomic E-state index is 5.94. The highest BCUT2D eigenvalue weighted by Gasteiger charge is 2.09. The molecule has 18 heavy (non-hydrogen) atoms. The van der Waals surface area contributed by atoms with Crippen molar-refractivity contribution in [1.82, 2.24) is 9.97 Å². The van der Waals surface area contributed by atoms with E-state index in [1.165, 1.54) is 0 Å². The van der Waals surface area contributed by atoms with Crippen LogP contribution >= 0.6 is 11.6 Å². The molecule has 1 aromatic heterocycles. The van der Waals surface area contributed by atoms with Gasteiger partial charge in [0.2, 0.25) is 0 Å². The molecule has 0 atom stereocenters. The van der Waals surface area contributed by atoms with Gasteiger partial charge in [0.25, 0.3) is 0 Å². The third kappa shape index (κ3) is 1.67. The number of nitrogens with zero attached hydrogens (tertiary/aromatic N) is 1. The molecule has 0 unspecified atom stereocenters. The number of nitrogen functional groups attached to an aromatic ring is 2. The third-order valence-electron chi connectivity index (χ3n) is 2.79. The zero-order valence-electron chi connectivity index (χ0n) is 9.44. The molecule has 0 radical (unpaired) electrons. The van der Waals surface area contributed by atoms with Crippen molar-refractivity contribution in [2.75, 3.05) is 11.5 Å². The van der Waals surface area contributed by atoms with Gasteiger partial charge in [0, 0.05) is 5.56 Å². The largest absolute Gasteiger partial charge is 0.397 e. The molecule has 0 aliphatic carbocycles. The van der Waals surface area contributed by atoms with Crippen molar-refractivity contribution < 1.29 is 0 Å². The van der Waals surface area contributed by atoms with Gasteiger partial charge >= 0.3 is 0 Å². The van der Waals surface area contributed by atoms with Crippen LogP contribution in [-0.4, -0.2) is 9.97 Å². The fourth-order valence-electron chi connectivity index (χ4n) is 1.90. The number of aromatic amines is 1. The Morgan fingerprint density at radius 3 is 2.39 bits per heavy atom. The Bertz CT molecular complexity index is 677. The Kier molecular flexibility index (Phi) is 2.38. The van der Waals surface area contributed by atoms with Gasteiger partial charge in [-0.1, -0.05) is 23.7 Å². The van der Waals surface area contributed by atoms with Crippen molar-refractivity contribution in [3.8, 4) is 11.4 Å². The summed E-state index contributed by atoms with van der Waals surface area (Å²) in [6, 6.07) is 11.3. The monoisotopic (exact) mass is 258 g/mol. The van der Waals surface area contributed by atoms with Gasteiger partial charge in [-0.15, -0.1) is 0 Å². The highest BCUT2D eigenvalue weighted by molar-refractivity contribution is 6.35. The van der Waals surface area contributed by atoms with Gasteiger partial charge in [-0.05, 0) is 24.3 Å². The van der Waals surface area contributed by atoms with Crippen LogP contribution in [0.15, 0.2) is 36.4 Å². The van der Waals surface area contributed by atoms with E-state index in [9.17, 15) is 0 Å². The Labute approximate surface area is 109 Å². The molecular formula is C13H11ClN4. The number of aromatic nitrogens is 2. The lowest BCUT2D eigenvalue weighted by Gasteiger charge is -2.05. The first kappa shape index (κ1) is 10.9. The zero-order chi connectivity index (χ0) is 12.7. The molecule has 0 amide bonds. The minimum Gasteiger partial charge on any atom is -0.397 e. The maximum Gasteiger partial charge on any atom is 0.138 e. The Hall–Kier alpha value is -2.20. The first-order valence-corrected chi connectivity index (χ1v) is 5.82. The topological polar surface area (TPSA) is 80.7 Å². The Morgan fingerprint density at radius 1 is 1.06 bits per heavy atom. The lowest BCUT2D eigenvalue weighted by Crippen LogP contribution is -1.94. The van der Waals surface area contributed by atoms with Crippen molar-refractivity contribution in [3.63, 3.8) is 0 Å². The molecule has 0 saturated heterocycles. The summed E-state index contributed by atoms with van der Waals surface area (Å²) in [4.78, 5) is 7.71. The van der Waals surface area contributed by atoms with Crippen LogP contribution in [0.5, 0.6) is 0 Å². The van der Waals surface area contributed by atoms with E-state index < -0.39 is 0 Å². The van der Waals surface area contributed by atoms with E-state index in [1.807, 2.05) is 24.3 Å². The minimum atomic E-state index is 0.384. The fourth-order valence-corrected chi connectivity index (χ4v) is 2.01. The van der Waals surface area contributed by atoms with Crippen molar-refractivity contribution in [2.45, 2.75) is 0 Å². The van der Waals surface area contributed by atoms with Crippen LogP contribution in [0.2, 0.25) is 5.02 Å². The molecule has 0 bridgehead atoms. The number of imidazole rings is 1. The number of benzene rings is 2. The van der Waals surface area contributed by atoms with E-state index in [2.05, 4.69) is 9.97 Å². The highest BCUT2D eigenvalue weighted by Crippen LogP contribution is 2.31. The first-order chi connectivity index (χ1) is 8.65. The molecule has 0 aliphatic rings. The number of nitrogens with one attached hydrogen (secondary N) is 1. The number of hydrogen-bond donors (Lipinski definition) is 3. The average Bonchev–Trinajstić information content (AvgIpc) is 2.79. The normalized spacial score (nSPS) is 10.9. The number of nitrogens with two attached hydrogens (primary N) is 2. The molecule has 5 N–H and O–H groups in total. The second-order valence-electron chi connectivity index (χ2n) is 4.07. The molecule has 0 fully saturated rings. The molecule has 0 spiro atoms. The second-order valence-corrected chi connectivity index (χ2v) is 4.45. The molecule has 2 aromatic carbocycles. The zero-order valence-corrected chi connectivity index (χ0v) is 10.2. The minimum absolute atomic E-state index is 0.384. The standard InChI is InChI=1S/C13H11ClN4/c14-12-8(15)5-7(6-9(12)16)13-17-10-3-1-2-4-11(10)18-13/h1-6H,15-16H2,(H,17,18). The van der Waals surface area contributed by atoms with Crippen LogP contribution in [0.4, 0.5) is 11.4 Å². The quantitative estimate of drug-likeness (QED) is 0.587. The molecule has 4 nitrogen and oxygen atoms in total. The van der Waals surface area contributed by atoms with Crippen molar-refractivity contribution in [1.29, 1.82) is 0 Å². The molecule has 1 heterocycles. The summed E-state index contributed by atoms with van der Waals surface area (Å²) in [6.07, 6.45) is 0. The summed E-state index contributed by atoms with van der Waals surface area (Å²) in [6.45, 7) is 0. The van der Waals surface area contributed by atoms with Crippen molar-refractivity contribution >= 4 is 34.0 Å². The summed E-state index contributed by atoms with van der Waals surface area (Å²) in [5.74, 6) is 0.728. The Morgan fingerprint density at radius 2 is 1.72 bits per heavy atom. The molecule has 3 aromatic rings. The van der Waals surface area contributed by atoms with Gasteiger partial charge in [0.05, 0.1) is 27.4 Å². The number of hydrogen-bond acceptors (Lipinski definition) is 3. The maximum atomic E-state index is 5.94. The molecule has 0 aliphatic heterocycles. The number of H-pyrrole nitrogens is 1. The molecule has 3 rings (SSSR count). The number of halogens is 1. The SMILES string of the molecule is Nc1cc(-c2nc3ccccc3[nH]2)cc(N)c1Cl. The summed E-state index contributed by atoms with van der Waals surface area (Å²) < 4.78 is 0. The third-order valence-corrected chi connectivity index (χ3v) is 3.23. The number of para-hydroxylation sites is 2. The van der Waals surface area contributed by atoms with Crippen LogP contribution in [0.25, 0.3) is 22.4 Å². The lowest BCUT2D eigenvalue weighted by molar-refractivity contribution is 1.34. The van der Waals surface area contributed by atoms with Crippen LogP contribution in [0.1, 0.15) is 0 Å². The van der Waals surface area contributed by atoms with Gasteiger partial charge in [-0.2, -0.15) is 0 Å².